The summed E-state index contributed by atoms with van der Waals surface area (Å²) in [5.41, 5.74) is 2.32. The summed E-state index contributed by atoms with van der Waals surface area (Å²) in [6, 6.07) is 6.04. The predicted octanol–water partition coefficient (Wildman–Crippen LogP) is 2.17. The highest BCUT2D eigenvalue weighted by Crippen LogP contribution is 2.20. The van der Waals surface area contributed by atoms with Crippen LogP contribution >= 0.6 is 0 Å². The lowest BCUT2D eigenvalue weighted by atomic mass is 10.1. The first-order valence-electron chi connectivity index (χ1n) is 4.98. The molecule has 0 spiro atoms. The molecule has 0 aliphatic rings. The molecule has 0 saturated carbocycles. The maximum absolute atomic E-state index is 8.67. The van der Waals surface area contributed by atoms with Gasteiger partial charge in [0.25, 0.3) is 0 Å². The standard InChI is InChI=1S/C12H16N2O/c1-4-11-7-10(8-14(2)9-13)5-6-12(11)15-3/h5-7H,4,8H2,1-3H3. The largest absolute Gasteiger partial charge is 0.496 e. The van der Waals surface area contributed by atoms with Gasteiger partial charge < -0.3 is 9.64 Å². The Morgan fingerprint density at radius 3 is 2.73 bits per heavy atom. The summed E-state index contributed by atoms with van der Waals surface area (Å²) in [6.45, 7) is 2.74. The van der Waals surface area contributed by atoms with E-state index in [1.165, 1.54) is 5.56 Å². The van der Waals surface area contributed by atoms with Crippen molar-refractivity contribution in [2.45, 2.75) is 19.9 Å². The van der Waals surface area contributed by atoms with E-state index in [0.717, 1.165) is 17.7 Å². The first-order chi connectivity index (χ1) is 7.21. The van der Waals surface area contributed by atoms with Crippen LogP contribution in [-0.4, -0.2) is 19.1 Å². The summed E-state index contributed by atoms with van der Waals surface area (Å²) in [4.78, 5) is 1.60. The van der Waals surface area contributed by atoms with Crippen LogP contribution in [0, 0.1) is 11.5 Å². The van der Waals surface area contributed by atoms with E-state index in [1.54, 1.807) is 19.1 Å². The van der Waals surface area contributed by atoms with Gasteiger partial charge in [-0.25, -0.2) is 0 Å². The maximum Gasteiger partial charge on any atom is 0.179 e. The average Bonchev–Trinajstić information content (AvgIpc) is 2.28. The molecular weight excluding hydrogens is 188 g/mol. The Labute approximate surface area is 90.9 Å². The summed E-state index contributed by atoms with van der Waals surface area (Å²) < 4.78 is 5.24. The normalized spacial score (nSPS) is 9.47. The Morgan fingerprint density at radius 2 is 2.20 bits per heavy atom. The van der Waals surface area contributed by atoms with Gasteiger partial charge in [0.05, 0.1) is 13.7 Å². The molecule has 0 heterocycles. The van der Waals surface area contributed by atoms with Crippen LogP contribution in [0.2, 0.25) is 0 Å². The molecule has 0 bridgehead atoms. The zero-order valence-corrected chi connectivity index (χ0v) is 9.45. The fourth-order valence-electron chi connectivity index (χ4n) is 1.52. The smallest absolute Gasteiger partial charge is 0.179 e. The first-order valence-corrected chi connectivity index (χ1v) is 4.98. The van der Waals surface area contributed by atoms with Gasteiger partial charge in [0, 0.05) is 7.05 Å². The van der Waals surface area contributed by atoms with E-state index >= 15 is 0 Å². The molecule has 80 valence electrons. The van der Waals surface area contributed by atoms with Crippen molar-refractivity contribution in [3.63, 3.8) is 0 Å². The highest BCUT2D eigenvalue weighted by Gasteiger charge is 2.03. The van der Waals surface area contributed by atoms with Crippen molar-refractivity contribution in [2.24, 2.45) is 0 Å². The van der Waals surface area contributed by atoms with Gasteiger partial charge in [-0.2, -0.15) is 5.26 Å². The van der Waals surface area contributed by atoms with Crippen LogP contribution in [-0.2, 0) is 13.0 Å². The SMILES string of the molecule is CCc1cc(CN(C)C#N)ccc1OC. The fraction of sp³-hybridized carbons (Fsp3) is 0.417. The van der Waals surface area contributed by atoms with Crippen LogP contribution in [0.1, 0.15) is 18.1 Å². The molecule has 0 aliphatic heterocycles. The Bertz CT molecular complexity index is 368. The second-order valence-electron chi connectivity index (χ2n) is 3.46. The van der Waals surface area contributed by atoms with Gasteiger partial charge >= 0.3 is 0 Å². The summed E-state index contributed by atoms with van der Waals surface area (Å²) >= 11 is 0. The summed E-state index contributed by atoms with van der Waals surface area (Å²) in [7, 11) is 3.45. The molecule has 0 saturated heterocycles. The fourth-order valence-corrected chi connectivity index (χ4v) is 1.52. The molecule has 0 unspecified atom stereocenters. The van der Waals surface area contributed by atoms with Gasteiger partial charge in [-0.05, 0) is 23.6 Å². The van der Waals surface area contributed by atoms with E-state index in [1.807, 2.05) is 12.1 Å². The quantitative estimate of drug-likeness (QED) is 0.557. The second kappa shape index (κ2) is 5.26. The van der Waals surface area contributed by atoms with Gasteiger partial charge in [0.2, 0.25) is 0 Å². The van der Waals surface area contributed by atoms with Crippen molar-refractivity contribution in [2.75, 3.05) is 14.2 Å². The van der Waals surface area contributed by atoms with Gasteiger partial charge in [-0.15, -0.1) is 0 Å². The van der Waals surface area contributed by atoms with Gasteiger partial charge in [-0.1, -0.05) is 19.1 Å². The predicted molar refractivity (Wildman–Crippen MR) is 59.5 cm³/mol. The topological polar surface area (TPSA) is 36.3 Å². The lowest BCUT2D eigenvalue weighted by Gasteiger charge is -2.12. The molecule has 3 heteroatoms. The molecule has 1 aromatic carbocycles. The van der Waals surface area contributed by atoms with Crippen molar-refractivity contribution in [3.05, 3.63) is 29.3 Å². The van der Waals surface area contributed by atoms with Crippen molar-refractivity contribution >= 4 is 0 Å². The first kappa shape index (κ1) is 11.4. The summed E-state index contributed by atoms with van der Waals surface area (Å²) in [6.07, 6.45) is 3.02. The van der Waals surface area contributed by atoms with Crippen LogP contribution in [0.4, 0.5) is 0 Å². The minimum atomic E-state index is 0.646. The molecule has 1 aromatic rings. The number of aryl methyl sites for hydroxylation is 1. The van der Waals surface area contributed by atoms with Gasteiger partial charge in [0.1, 0.15) is 5.75 Å². The van der Waals surface area contributed by atoms with Crippen LogP contribution in [0.3, 0.4) is 0 Å². The van der Waals surface area contributed by atoms with Crippen molar-refractivity contribution in [1.29, 1.82) is 5.26 Å². The molecule has 0 atom stereocenters. The third-order valence-electron chi connectivity index (χ3n) is 2.32. The molecule has 0 amide bonds. The monoisotopic (exact) mass is 204 g/mol. The van der Waals surface area contributed by atoms with Crippen LogP contribution < -0.4 is 4.74 Å². The number of hydrogen-bond acceptors (Lipinski definition) is 3. The lowest BCUT2D eigenvalue weighted by Crippen LogP contribution is -2.10. The van der Waals surface area contributed by atoms with Gasteiger partial charge in [-0.3, -0.25) is 0 Å². The number of nitriles is 1. The van der Waals surface area contributed by atoms with Crippen molar-refractivity contribution in [1.82, 2.24) is 4.90 Å². The second-order valence-corrected chi connectivity index (χ2v) is 3.46. The number of rotatable bonds is 4. The van der Waals surface area contributed by atoms with Crippen LogP contribution in [0.5, 0.6) is 5.75 Å². The zero-order valence-electron chi connectivity index (χ0n) is 9.45. The van der Waals surface area contributed by atoms with E-state index < -0.39 is 0 Å². The highest BCUT2D eigenvalue weighted by molar-refractivity contribution is 5.37. The zero-order chi connectivity index (χ0) is 11.3. The minimum absolute atomic E-state index is 0.646. The third kappa shape index (κ3) is 2.88. The third-order valence-corrected chi connectivity index (χ3v) is 2.32. The number of nitrogens with zero attached hydrogens (tertiary/aromatic N) is 2. The van der Waals surface area contributed by atoms with E-state index in [0.29, 0.717) is 6.54 Å². The Hall–Kier alpha value is -1.69. The summed E-state index contributed by atoms with van der Waals surface area (Å²) in [5, 5.41) is 8.67. The molecule has 0 aliphatic carbocycles. The number of ether oxygens (including phenoxy) is 1. The molecule has 0 fully saturated rings. The summed E-state index contributed by atoms with van der Waals surface area (Å²) in [5.74, 6) is 0.917. The number of benzene rings is 1. The molecule has 1 rings (SSSR count). The van der Waals surface area contributed by atoms with Gasteiger partial charge in [0.15, 0.2) is 6.19 Å². The maximum atomic E-state index is 8.67. The molecule has 0 N–H and O–H groups in total. The molecule has 3 nitrogen and oxygen atoms in total. The Morgan fingerprint density at radius 1 is 1.47 bits per heavy atom. The lowest BCUT2D eigenvalue weighted by molar-refractivity contribution is 0.409. The Kier molecular flexibility index (Phi) is 3.99. The molecule has 15 heavy (non-hydrogen) atoms. The average molecular weight is 204 g/mol. The minimum Gasteiger partial charge on any atom is -0.496 e. The highest BCUT2D eigenvalue weighted by atomic mass is 16.5. The van der Waals surface area contributed by atoms with E-state index in [2.05, 4.69) is 19.2 Å². The molecule has 0 aromatic heterocycles. The molecule has 0 radical (unpaired) electrons. The van der Waals surface area contributed by atoms with E-state index in [4.69, 9.17) is 10.00 Å². The van der Waals surface area contributed by atoms with Crippen LogP contribution in [0.25, 0.3) is 0 Å². The van der Waals surface area contributed by atoms with Crippen molar-refractivity contribution in [3.8, 4) is 11.9 Å². The van der Waals surface area contributed by atoms with Crippen molar-refractivity contribution < 1.29 is 4.74 Å². The van der Waals surface area contributed by atoms with Crippen LogP contribution in [0.15, 0.2) is 18.2 Å². The number of hydrogen-bond donors (Lipinski definition) is 0. The van der Waals surface area contributed by atoms with E-state index in [-0.39, 0.29) is 0 Å². The molecular formula is C12H16N2O. The number of methoxy groups -OCH3 is 1. The van der Waals surface area contributed by atoms with E-state index in [9.17, 15) is 0 Å². The Balaban J connectivity index is 2.89.